The standard InChI is InChI=1S/C12H24N2O2S/c1-10-3-4-11(2)14(9-10)17(15,16)8-7-13-12-5-6-12/h10-13H,3-9H2,1-2H3. The Morgan fingerprint density at radius 1 is 1.18 bits per heavy atom. The number of hydrogen-bond acceptors (Lipinski definition) is 3. The zero-order chi connectivity index (χ0) is 12.5. The fourth-order valence-electron chi connectivity index (χ4n) is 2.43. The molecular formula is C12H24N2O2S. The van der Waals surface area contributed by atoms with Gasteiger partial charge in [-0.2, -0.15) is 4.31 Å². The predicted molar refractivity (Wildman–Crippen MR) is 69.4 cm³/mol. The summed E-state index contributed by atoms with van der Waals surface area (Å²) in [6.45, 7) is 5.46. The van der Waals surface area contributed by atoms with E-state index in [0.717, 1.165) is 12.8 Å². The summed E-state index contributed by atoms with van der Waals surface area (Å²) in [7, 11) is -3.06. The average Bonchev–Trinajstić information content (AvgIpc) is 3.05. The molecule has 0 aromatic rings. The van der Waals surface area contributed by atoms with E-state index < -0.39 is 10.0 Å². The molecule has 1 aliphatic carbocycles. The van der Waals surface area contributed by atoms with Gasteiger partial charge in [-0.3, -0.25) is 0 Å². The summed E-state index contributed by atoms with van der Waals surface area (Å²) in [5, 5.41) is 3.27. The average molecular weight is 260 g/mol. The minimum Gasteiger partial charge on any atom is -0.313 e. The highest BCUT2D eigenvalue weighted by Gasteiger charge is 2.32. The minimum absolute atomic E-state index is 0.178. The molecule has 1 aliphatic heterocycles. The summed E-state index contributed by atoms with van der Waals surface area (Å²) in [5.41, 5.74) is 0. The quantitative estimate of drug-likeness (QED) is 0.808. The fraction of sp³-hybridized carbons (Fsp3) is 1.00. The third-order valence-electron chi connectivity index (χ3n) is 3.79. The Kier molecular flexibility index (Phi) is 4.10. The van der Waals surface area contributed by atoms with Crippen LogP contribution < -0.4 is 5.32 Å². The van der Waals surface area contributed by atoms with Crippen molar-refractivity contribution in [1.82, 2.24) is 9.62 Å². The number of rotatable bonds is 5. The number of piperidine rings is 1. The van der Waals surface area contributed by atoms with Gasteiger partial charge < -0.3 is 5.32 Å². The van der Waals surface area contributed by atoms with Crippen LogP contribution in [0.1, 0.15) is 39.5 Å². The molecule has 2 unspecified atom stereocenters. The first-order chi connectivity index (χ1) is 7.99. The van der Waals surface area contributed by atoms with E-state index in [2.05, 4.69) is 12.2 Å². The van der Waals surface area contributed by atoms with Crippen molar-refractivity contribution in [2.45, 2.75) is 51.6 Å². The van der Waals surface area contributed by atoms with Crippen molar-refractivity contribution < 1.29 is 8.42 Å². The van der Waals surface area contributed by atoms with Gasteiger partial charge in [0, 0.05) is 25.2 Å². The van der Waals surface area contributed by atoms with Crippen LogP contribution in [0, 0.1) is 5.92 Å². The van der Waals surface area contributed by atoms with Crippen molar-refractivity contribution in [1.29, 1.82) is 0 Å². The minimum atomic E-state index is -3.06. The Labute approximate surface area is 105 Å². The van der Waals surface area contributed by atoms with Crippen molar-refractivity contribution in [3.05, 3.63) is 0 Å². The molecule has 0 amide bonds. The van der Waals surface area contributed by atoms with Crippen LogP contribution in [0.2, 0.25) is 0 Å². The smallest absolute Gasteiger partial charge is 0.215 e. The Morgan fingerprint density at radius 2 is 1.88 bits per heavy atom. The van der Waals surface area contributed by atoms with Gasteiger partial charge in [0.1, 0.15) is 0 Å². The van der Waals surface area contributed by atoms with Gasteiger partial charge in [0.25, 0.3) is 0 Å². The number of sulfonamides is 1. The second-order valence-electron chi connectivity index (χ2n) is 5.65. The lowest BCUT2D eigenvalue weighted by Gasteiger charge is -2.35. The van der Waals surface area contributed by atoms with E-state index >= 15 is 0 Å². The molecular weight excluding hydrogens is 236 g/mol. The highest BCUT2D eigenvalue weighted by atomic mass is 32.2. The molecule has 0 bridgehead atoms. The molecule has 1 N–H and O–H groups in total. The first-order valence-corrected chi connectivity index (χ1v) is 8.33. The molecule has 1 saturated heterocycles. The lowest BCUT2D eigenvalue weighted by molar-refractivity contribution is 0.218. The van der Waals surface area contributed by atoms with E-state index in [0.29, 0.717) is 25.0 Å². The third kappa shape index (κ3) is 3.66. The first-order valence-electron chi connectivity index (χ1n) is 6.72. The van der Waals surface area contributed by atoms with Crippen molar-refractivity contribution >= 4 is 10.0 Å². The second-order valence-corrected chi connectivity index (χ2v) is 7.69. The third-order valence-corrected chi connectivity index (χ3v) is 5.73. The molecule has 2 rings (SSSR count). The van der Waals surface area contributed by atoms with E-state index in [4.69, 9.17) is 0 Å². The normalized spacial score (nSPS) is 31.6. The van der Waals surface area contributed by atoms with E-state index in [9.17, 15) is 8.42 Å². The van der Waals surface area contributed by atoms with Crippen molar-refractivity contribution in [3.8, 4) is 0 Å². The topological polar surface area (TPSA) is 49.4 Å². The molecule has 0 aromatic heterocycles. The SMILES string of the molecule is CC1CCC(C)N(S(=O)(=O)CCNC2CC2)C1. The van der Waals surface area contributed by atoms with Gasteiger partial charge >= 0.3 is 0 Å². The molecule has 2 fully saturated rings. The number of nitrogens with zero attached hydrogens (tertiary/aromatic N) is 1. The molecule has 17 heavy (non-hydrogen) atoms. The van der Waals surface area contributed by atoms with Crippen LogP contribution in [0.15, 0.2) is 0 Å². The maximum atomic E-state index is 12.2. The summed E-state index contributed by atoms with van der Waals surface area (Å²) in [6.07, 6.45) is 4.55. The van der Waals surface area contributed by atoms with Crippen molar-refractivity contribution in [2.24, 2.45) is 5.92 Å². The molecule has 100 valence electrons. The van der Waals surface area contributed by atoms with Gasteiger partial charge in [-0.25, -0.2) is 8.42 Å². The highest BCUT2D eigenvalue weighted by molar-refractivity contribution is 7.89. The van der Waals surface area contributed by atoms with Gasteiger partial charge in [0.05, 0.1) is 5.75 Å². The van der Waals surface area contributed by atoms with Crippen LogP contribution in [-0.2, 0) is 10.0 Å². The zero-order valence-corrected chi connectivity index (χ0v) is 11.7. The van der Waals surface area contributed by atoms with E-state index in [1.54, 1.807) is 4.31 Å². The molecule has 4 nitrogen and oxygen atoms in total. The second kappa shape index (κ2) is 5.24. The fourth-order valence-corrected chi connectivity index (χ4v) is 4.18. The zero-order valence-electron chi connectivity index (χ0n) is 10.9. The monoisotopic (exact) mass is 260 g/mol. The summed E-state index contributed by atoms with van der Waals surface area (Å²) in [6, 6.07) is 0.764. The maximum Gasteiger partial charge on any atom is 0.215 e. The van der Waals surface area contributed by atoms with Crippen molar-refractivity contribution in [2.75, 3.05) is 18.8 Å². The van der Waals surface area contributed by atoms with Crippen LogP contribution in [0.4, 0.5) is 0 Å². The van der Waals surface area contributed by atoms with Crippen LogP contribution in [-0.4, -0.2) is 43.6 Å². The van der Waals surface area contributed by atoms with Crippen LogP contribution in [0.3, 0.4) is 0 Å². The van der Waals surface area contributed by atoms with Crippen molar-refractivity contribution in [3.63, 3.8) is 0 Å². The summed E-state index contributed by atoms with van der Waals surface area (Å²) in [4.78, 5) is 0. The number of hydrogen-bond donors (Lipinski definition) is 1. The Balaban J connectivity index is 1.87. The Hall–Kier alpha value is -0.130. The molecule has 1 heterocycles. The van der Waals surface area contributed by atoms with E-state index in [1.165, 1.54) is 12.8 Å². The molecule has 2 aliphatic rings. The summed E-state index contributed by atoms with van der Waals surface area (Å²) in [5.74, 6) is 0.748. The predicted octanol–water partition coefficient (Wildman–Crippen LogP) is 1.19. The largest absolute Gasteiger partial charge is 0.313 e. The van der Waals surface area contributed by atoms with E-state index in [1.807, 2.05) is 6.92 Å². The van der Waals surface area contributed by atoms with Crippen LogP contribution in [0.5, 0.6) is 0 Å². The van der Waals surface area contributed by atoms with Gasteiger partial charge in [-0.1, -0.05) is 6.92 Å². The van der Waals surface area contributed by atoms with Gasteiger partial charge in [0.15, 0.2) is 0 Å². The molecule has 1 saturated carbocycles. The molecule has 0 aromatic carbocycles. The van der Waals surface area contributed by atoms with Gasteiger partial charge in [0.2, 0.25) is 10.0 Å². The van der Waals surface area contributed by atoms with Crippen LogP contribution >= 0.6 is 0 Å². The highest BCUT2D eigenvalue weighted by Crippen LogP contribution is 2.24. The summed E-state index contributed by atoms with van der Waals surface area (Å²) < 4.78 is 26.2. The van der Waals surface area contributed by atoms with Gasteiger partial charge in [-0.05, 0) is 38.5 Å². The summed E-state index contributed by atoms with van der Waals surface area (Å²) >= 11 is 0. The Morgan fingerprint density at radius 3 is 2.53 bits per heavy atom. The molecule has 0 spiro atoms. The van der Waals surface area contributed by atoms with E-state index in [-0.39, 0.29) is 11.8 Å². The molecule has 0 radical (unpaired) electrons. The first kappa shape index (κ1) is 13.3. The Bertz CT molecular complexity index is 352. The molecule has 2 atom stereocenters. The lowest BCUT2D eigenvalue weighted by atomic mass is 9.97. The maximum absolute atomic E-state index is 12.2. The number of nitrogens with one attached hydrogen (secondary N) is 1. The molecule has 5 heteroatoms. The lowest BCUT2D eigenvalue weighted by Crippen LogP contribution is -2.47. The van der Waals surface area contributed by atoms with Gasteiger partial charge in [-0.15, -0.1) is 0 Å². The van der Waals surface area contributed by atoms with Crippen LogP contribution in [0.25, 0.3) is 0 Å².